The summed E-state index contributed by atoms with van der Waals surface area (Å²) in [6, 6.07) is 14.9. The van der Waals surface area contributed by atoms with E-state index in [0.717, 1.165) is 34.1 Å². The highest BCUT2D eigenvalue weighted by atomic mass is 35.5. The minimum absolute atomic E-state index is 0.129. The molecular weight excluding hydrogens is 564 g/mol. The summed E-state index contributed by atoms with van der Waals surface area (Å²) < 4.78 is 41.9. The molecule has 3 rings (SSSR count). The van der Waals surface area contributed by atoms with E-state index < -0.39 is 40.2 Å². The number of halogens is 3. The summed E-state index contributed by atoms with van der Waals surface area (Å²) in [5.74, 6) is -1.66. The highest BCUT2D eigenvalue weighted by Crippen LogP contribution is 2.28. The molecule has 11 heteroatoms. The van der Waals surface area contributed by atoms with Crippen LogP contribution in [0.4, 0.5) is 10.1 Å². The first kappa shape index (κ1) is 30.4. The van der Waals surface area contributed by atoms with Crippen molar-refractivity contribution in [1.82, 2.24) is 10.2 Å². The number of carbonyl (C=O) groups is 2. The Hall–Kier alpha value is -3.14. The van der Waals surface area contributed by atoms with E-state index >= 15 is 0 Å². The van der Waals surface area contributed by atoms with Crippen LogP contribution in [-0.4, -0.2) is 44.3 Å². The Morgan fingerprint density at radius 3 is 2.13 bits per heavy atom. The van der Waals surface area contributed by atoms with Crippen LogP contribution in [0.5, 0.6) is 0 Å². The van der Waals surface area contributed by atoms with E-state index in [-0.39, 0.29) is 17.1 Å². The SMILES string of the molecule is CCCNC(=O)C(C)N(Cc1c(Cl)cccc1Cl)C(=O)CN(c1ccc(C)cc1)S(=O)(=O)c1ccc(F)cc1. The lowest BCUT2D eigenvalue weighted by Gasteiger charge is -2.32. The molecule has 39 heavy (non-hydrogen) atoms. The largest absolute Gasteiger partial charge is 0.354 e. The van der Waals surface area contributed by atoms with Gasteiger partial charge < -0.3 is 10.2 Å². The molecule has 1 unspecified atom stereocenters. The Morgan fingerprint density at radius 1 is 0.974 bits per heavy atom. The summed E-state index contributed by atoms with van der Waals surface area (Å²) in [5.41, 5.74) is 1.55. The number of nitrogens with one attached hydrogen (secondary N) is 1. The van der Waals surface area contributed by atoms with Crippen molar-refractivity contribution in [2.75, 3.05) is 17.4 Å². The number of benzene rings is 3. The van der Waals surface area contributed by atoms with Crippen LogP contribution in [0.1, 0.15) is 31.4 Å². The summed E-state index contributed by atoms with van der Waals surface area (Å²) >= 11 is 12.7. The number of nitrogens with zero attached hydrogens (tertiary/aromatic N) is 2. The molecule has 0 aliphatic rings. The molecule has 3 aromatic carbocycles. The van der Waals surface area contributed by atoms with Gasteiger partial charge in [-0.25, -0.2) is 12.8 Å². The second-order valence-electron chi connectivity index (χ2n) is 8.99. The van der Waals surface area contributed by atoms with Crippen LogP contribution >= 0.6 is 23.2 Å². The van der Waals surface area contributed by atoms with Crippen molar-refractivity contribution in [3.05, 3.63) is 93.7 Å². The Morgan fingerprint density at radius 2 is 1.56 bits per heavy atom. The van der Waals surface area contributed by atoms with Gasteiger partial charge in [0, 0.05) is 28.7 Å². The van der Waals surface area contributed by atoms with Gasteiger partial charge in [-0.15, -0.1) is 0 Å². The van der Waals surface area contributed by atoms with E-state index in [0.29, 0.717) is 28.6 Å². The van der Waals surface area contributed by atoms with Crippen LogP contribution in [0.25, 0.3) is 0 Å². The number of hydrogen-bond acceptors (Lipinski definition) is 4. The first-order valence-corrected chi connectivity index (χ1v) is 14.5. The van der Waals surface area contributed by atoms with Crippen LogP contribution < -0.4 is 9.62 Å². The van der Waals surface area contributed by atoms with Gasteiger partial charge in [0.25, 0.3) is 10.0 Å². The smallest absolute Gasteiger partial charge is 0.264 e. The summed E-state index contributed by atoms with van der Waals surface area (Å²) in [6.45, 7) is 4.95. The fraction of sp³-hybridized carbons (Fsp3) is 0.286. The predicted octanol–water partition coefficient (Wildman–Crippen LogP) is 5.58. The zero-order chi connectivity index (χ0) is 28.7. The summed E-state index contributed by atoms with van der Waals surface area (Å²) in [4.78, 5) is 27.8. The number of amides is 2. The number of anilines is 1. The molecule has 0 spiro atoms. The topological polar surface area (TPSA) is 86.8 Å². The zero-order valence-corrected chi connectivity index (χ0v) is 24.2. The molecule has 0 bridgehead atoms. The van der Waals surface area contributed by atoms with E-state index in [1.165, 1.54) is 4.90 Å². The maximum absolute atomic E-state index is 13.9. The van der Waals surface area contributed by atoms with Gasteiger partial charge in [-0.2, -0.15) is 0 Å². The van der Waals surface area contributed by atoms with E-state index in [9.17, 15) is 22.4 Å². The number of aryl methyl sites for hydroxylation is 1. The Balaban J connectivity index is 2.05. The fourth-order valence-electron chi connectivity index (χ4n) is 3.81. The summed E-state index contributed by atoms with van der Waals surface area (Å²) in [5, 5.41) is 3.37. The maximum atomic E-state index is 13.9. The maximum Gasteiger partial charge on any atom is 0.264 e. The minimum atomic E-state index is -4.30. The molecule has 0 saturated carbocycles. The van der Waals surface area contributed by atoms with Crippen LogP contribution in [-0.2, 0) is 26.2 Å². The van der Waals surface area contributed by atoms with Crippen molar-refractivity contribution in [3.8, 4) is 0 Å². The van der Waals surface area contributed by atoms with E-state index in [1.54, 1.807) is 49.4 Å². The highest BCUT2D eigenvalue weighted by Gasteiger charge is 2.33. The normalized spacial score (nSPS) is 12.1. The number of sulfonamides is 1. The lowest BCUT2D eigenvalue weighted by Crippen LogP contribution is -2.51. The molecule has 7 nitrogen and oxygen atoms in total. The van der Waals surface area contributed by atoms with Crippen LogP contribution in [0.2, 0.25) is 10.0 Å². The molecule has 0 aliphatic carbocycles. The van der Waals surface area contributed by atoms with E-state index in [4.69, 9.17) is 23.2 Å². The van der Waals surface area contributed by atoms with Gasteiger partial charge in [0.15, 0.2) is 0 Å². The second kappa shape index (κ2) is 13.3. The molecule has 0 fully saturated rings. The van der Waals surface area contributed by atoms with Crippen LogP contribution in [0.3, 0.4) is 0 Å². The van der Waals surface area contributed by atoms with Gasteiger partial charge in [0.1, 0.15) is 18.4 Å². The third-order valence-electron chi connectivity index (χ3n) is 6.11. The zero-order valence-electron chi connectivity index (χ0n) is 21.8. The fourth-order valence-corrected chi connectivity index (χ4v) is 5.74. The van der Waals surface area contributed by atoms with Crippen molar-refractivity contribution in [3.63, 3.8) is 0 Å². The van der Waals surface area contributed by atoms with Gasteiger partial charge in [-0.05, 0) is 68.8 Å². The van der Waals surface area contributed by atoms with Crippen LogP contribution in [0, 0.1) is 12.7 Å². The Labute approximate surface area is 238 Å². The van der Waals surface area contributed by atoms with E-state index in [1.807, 2.05) is 13.8 Å². The van der Waals surface area contributed by atoms with Crippen molar-refractivity contribution >= 4 is 50.7 Å². The number of carbonyl (C=O) groups excluding carboxylic acids is 2. The molecule has 0 heterocycles. The van der Waals surface area contributed by atoms with E-state index in [2.05, 4.69) is 5.32 Å². The van der Waals surface area contributed by atoms with Crippen molar-refractivity contribution < 1.29 is 22.4 Å². The molecule has 0 aromatic heterocycles. The minimum Gasteiger partial charge on any atom is -0.354 e. The number of hydrogen-bond donors (Lipinski definition) is 1. The van der Waals surface area contributed by atoms with Gasteiger partial charge >= 0.3 is 0 Å². The molecule has 0 aliphatic heterocycles. The third kappa shape index (κ3) is 7.50. The Bertz CT molecular complexity index is 1400. The summed E-state index contributed by atoms with van der Waals surface area (Å²) in [7, 11) is -4.30. The molecule has 3 aromatic rings. The van der Waals surface area contributed by atoms with Crippen LogP contribution in [0.15, 0.2) is 71.6 Å². The Kier molecular flexibility index (Phi) is 10.4. The van der Waals surface area contributed by atoms with Crippen molar-refractivity contribution in [2.24, 2.45) is 0 Å². The molecular formula is C28H30Cl2FN3O4S. The molecule has 1 N–H and O–H groups in total. The first-order valence-electron chi connectivity index (χ1n) is 12.3. The van der Waals surface area contributed by atoms with Gasteiger partial charge in [-0.3, -0.25) is 13.9 Å². The molecule has 208 valence electrons. The molecule has 2 amide bonds. The van der Waals surface area contributed by atoms with Gasteiger partial charge in [0.2, 0.25) is 11.8 Å². The summed E-state index contributed by atoms with van der Waals surface area (Å²) in [6.07, 6.45) is 0.694. The quantitative estimate of drug-likeness (QED) is 0.314. The van der Waals surface area contributed by atoms with Gasteiger partial charge in [-0.1, -0.05) is 53.9 Å². The van der Waals surface area contributed by atoms with Crippen molar-refractivity contribution in [1.29, 1.82) is 0 Å². The third-order valence-corrected chi connectivity index (χ3v) is 8.61. The highest BCUT2D eigenvalue weighted by molar-refractivity contribution is 7.92. The molecule has 0 saturated heterocycles. The number of rotatable bonds is 11. The average molecular weight is 595 g/mol. The second-order valence-corrected chi connectivity index (χ2v) is 11.7. The molecule has 1 atom stereocenters. The lowest BCUT2D eigenvalue weighted by atomic mass is 10.1. The van der Waals surface area contributed by atoms with Crippen molar-refractivity contribution in [2.45, 2.75) is 44.7 Å². The standard InChI is InChI=1S/C28H30Cl2FN3O4S/c1-4-16-32-28(36)20(3)33(17-24-25(29)6-5-7-26(24)30)27(35)18-34(22-12-8-19(2)9-13-22)39(37,38)23-14-10-21(31)11-15-23/h5-15,20H,4,16-18H2,1-3H3,(H,32,36). The average Bonchev–Trinajstić information content (AvgIpc) is 2.90. The predicted molar refractivity (Wildman–Crippen MR) is 152 cm³/mol. The van der Waals surface area contributed by atoms with Gasteiger partial charge in [0.05, 0.1) is 10.6 Å². The molecule has 0 radical (unpaired) electrons. The lowest BCUT2D eigenvalue weighted by molar-refractivity contribution is -0.139. The first-order chi connectivity index (χ1) is 18.4. The monoisotopic (exact) mass is 593 g/mol.